The van der Waals surface area contributed by atoms with Gasteiger partial charge in [0.15, 0.2) is 0 Å². The Hall–Kier alpha value is -2.77. The molecule has 0 saturated carbocycles. The van der Waals surface area contributed by atoms with E-state index in [0.717, 1.165) is 0 Å². The molecule has 35 heavy (non-hydrogen) atoms. The van der Waals surface area contributed by atoms with E-state index in [9.17, 15) is 19.5 Å². The molecule has 3 unspecified atom stereocenters. The van der Waals surface area contributed by atoms with E-state index in [0.29, 0.717) is 17.5 Å². The van der Waals surface area contributed by atoms with Crippen molar-refractivity contribution in [3.8, 4) is 5.75 Å². The van der Waals surface area contributed by atoms with Crippen molar-refractivity contribution in [1.29, 1.82) is 0 Å². The lowest BCUT2D eigenvalue weighted by molar-refractivity contribution is -0.146. The number of rotatable bonds is 8. The number of nitrogens with zero attached hydrogens (tertiary/aromatic N) is 1. The minimum absolute atomic E-state index is 0.0381. The van der Waals surface area contributed by atoms with Crippen molar-refractivity contribution in [2.24, 2.45) is 5.92 Å². The van der Waals surface area contributed by atoms with Crippen molar-refractivity contribution in [3.63, 3.8) is 0 Å². The molecule has 0 radical (unpaired) electrons. The Morgan fingerprint density at radius 2 is 1.63 bits per heavy atom. The van der Waals surface area contributed by atoms with Crippen LogP contribution < -0.4 is 10.6 Å². The first-order valence-corrected chi connectivity index (χ1v) is 12.3. The summed E-state index contributed by atoms with van der Waals surface area (Å²) in [5.74, 6) is -1.15. The normalized spacial score (nSPS) is 14.6. The molecule has 1 rings (SSSR count). The zero-order valence-electron chi connectivity index (χ0n) is 23.3. The number of carbonyl (C=O) groups is 3. The maximum Gasteiger partial charge on any atom is 0.408 e. The highest BCUT2D eigenvalue weighted by atomic mass is 16.6. The lowest BCUT2D eigenvalue weighted by Crippen LogP contribution is -2.58. The van der Waals surface area contributed by atoms with E-state index in [4.69, 9.17) is 4.74 Å². The minimum Gasteiger partial charge on any atom is -0.507 e. The number of carbonyl (C=O) groups excluding carboxylic acids is 3. The molecule has 0 heterocycles. The molecule has 1 aromatic carbocycles. The quantitative estimate of drug-likeness (QED) is 0.483. The summed E-state index contributed by atoms with van der Waals surface area (Å²) in [6, 6.07) is 2.76. The van der Waals surface area contributed by atoms with Crippen LogP contribution in [0.1, 0.15) is 92.8 Å². The molecule has 8 heteroatoms. The molecule has 0 spiro atoms. The molecule has 0 bridgehead atoms. The first-order chi connectivity index (χ1) is 15.9. The van der Waals surface area contributed by atoms with Crippen molar-refractivity contribution in [3.05, 3.63) is 29.3 Å². The molecule has 198 valence electrons. The number of benzene rings is 1. The molecule has 3 amide bonds. The van der Waals surface area contributed by atoms with Crippen LogP contribution in [0.25, 0.3) is 0 Å². The number of phenols is 1. The molecule has 0 aliphatic heterocycles. The van der Waals surface area contributed by atoms with Gasteiger partial charge in [0.1, 0.15) is 23.4 Å². The smallest absolute Gasteiger partial charge is 0.408 e. The van der Waals surface area contributed by atoms with Gasteiger partial charge in [0, 0.05) is 17.1 Å². The molecular weight excluding hydrogens is 446 g/mol. The third-order valence-corrected chi connectivity index (χ3v) is 5.51. The summed E-state index contributed by atoms with van der Waals surface area (Å²) in [7, 11) is 0. The van der Waals surface area contributed by atoms with E-state index in [1.165, 1.54) is 4.90 Å². The number of amides is 3. The van der Waals surface area contributed by atoms with Gasteiger partial charge < -0.3 is 25.4 Å². The van der Waals surface area contributed by atoms with Gasteiger partial charge in [-0.2, -0.15) is 0 Å². The minimum atomic E-state index is -1.10. The first-order valence-electron chi connectivity index (χ1n) is 12.3. The molecule has 0 aliphatic rings. The predicted octanol–water partition coefficient (Wildman–Crippen LogP) is 4.83. The summed E-state index contributed by atoms with van der Waals surface area (Å²) >= 11 is 0. The number of hydrogen-bond donors (Lipinski definition) is 3. The van der Waals surface area contributed by atoms with Crippen LogP contribution in [0.15, 0.2) is 18.2 Å². The lowest BCUT2D eigenvalue weighted by Gasteiger charge is -2.40. The summed E-state index contributed by atoms with van der Waals surface area (Å²) in [5, 5.41) is 16.6. The average Bonchev–Trinajstić information content (AvgIpc) is 2.68. The Morgan fingerprint density at radius 3 is 2.09 bits per heavy atom. The van der Waals surface area contributed by atoms with Crippen LogP contribution in [0.3, 0.4) is 0 Å². The Morgan fingerprint density at radius 1 is 1.06 bits per heavy atom. The Labute approximate surface area is 210 Å². The van der Waals surface area contributed by atoms with Crippen LogP contribution in [-0.2, 0) is 14.3 Å². The third kappa shape index (κ3) is 8.75. The monoisotopic (exact) mass is 491 g/mol. The summed E-state index contributed by atoms with van der Waals surface area (Å²) in [6.07, 6.45) is -0.141. The van der Waals surface area contributed by atoms with Gasteiger partial charge >= 0.3 is 6.09 Å². The fourth-order valence-corrected chi connectivity index (χ4v) is 3.66. The molecule has 3 N–H and O–H groups in total. The SMILES string of the molecule is CCC(C)N(C(=O)C(NC(=O)OC(C)(C)C)C(C)C)C(C(=O)NC(C)(C)C)c1cccc(C)c1O. The zero-order valence-corrected chi connectivity index (χ0v) is 23.3. The first kappa shape index (κ1) is 30.3. The second-order valence-corrected chi connectivity index (χ2v) is 11.5. The fraction of sp³-hybridized carbons (Fsp3) is 0.667. The highest BCUT2D eigenvalue weighted by Gasteiger charge is 2.41. The number of alkyl carbamates (subject to hydrolysis) is 1. The number of aryl methyl sites for hydroxylation is 1. The maximum absolute atomic E-state index is 14.1. The molecular formula is C27H45N3O5. The van der Waals surface area contributed by atoms with Crippen LogP contribution in [0.4, 0.5) is 4.79 Å². The number of ether oxygens (including phenoxy) is 1. The van der Waals surface area contributed by atoms with Gasteiger partial charge in [0.25, 0.3) is 0 Å². The molecule has 0 aromatic heterocycles. The van der Waals surface area contributed by atoms with Gasteiger partial charge in [-0.15, -0.1) is 0 Å². The number of hydrogen-bond acceptors (Lipinski definition) is 5. The van der Waals surface area contributed by atoms with E-state index in [-0.39, 0.29) is 17.7 Å². The summed E-state index contributed by atoms with van der Waals surface area (Å²) < 4.78 is 5.39. The highest BCUT2D eigenvalue weighted by Crippen LogP contribution is 2.34. The zero-order chi connectivity index (χ0) is 27.3. The van der Waals surface area contributed by atoms with Gasteiger partial charge in [-0.05, 0) is 73.3 Å². The topological polar surface area (TPSA) is 108 Å². The average molecular weight is 492 g/mol. The summed E-state index contributed by atoms with van der Waals surface area (Å²) in [4.78, 5) is 41.8. The van der Waals surface area contributed by atoms with Gasteiger partial charge in [-0.25, -0.2) is 4.79 Å². The van der Waals surface area contributed by atoms with E-state index >= 15 is 0 Å². The Kier molecular flexibility index (Phi) is 10.2. The Balaban J connectivity index is 3.64. The molecule has 0 aliphatic carbocycles. The molecule has 1 aromatic rings. The van der Waals surface area contributed by atoms with Crippen molar-refractivity contribution in [2.45, 2.75) is 112 Å². The van der Waals surface area contributed by atoms with Crippen LogP contribution >= 0.6 is 0 Å². The second-order valence-electron chi connectivity index (χ2n) is 11.5. The van der Waals surface area contributed by atoms with Gasteiger partial charge in [-0.3, -0.25) is 9.59 Å². The van der Waals surface area contributed by atoms with E-state index in [1.807, 2.05) is 48.5 Å². The lowest BCUT2D eigenvalue weighted by atomic mass is 9.94. The van der Waals surface area contributed by atoms with E-state index in [1.54, 1.807) is 45.9 Å². The predicted molar refractivity (Wildman–Crippen MR) is 138 cm³/mol. The van der Waals surface area contributed by atoms with Crippen LogP contribution in [-0.4, -0.2) is 51.1 Å². The second kappa shape index (κ2) is 11.8. The summed E-state index contributed by atoms with van der Waals surface area (Å²) in [6.45, 7) is 20.0. The van der Waals surface area contributed by atoms with Crippen molar-refractivity contribution in [2.75, 3.05) is 0 Å². The molecule has 0 fully saturated rings. The molecule has 0 saturated heterocycles. The van der Waals surface area contributed by atoms with Crippen molar-refractivity contribution < 1.29 is 24.2 Å². The third-order valence-electron chi connectivity index (χ3n) is 5.51. The van der Waals surface area contributed by atoms with Crippen molar-refractivity contribution >= 4 is 17.9 Å². The van der Waals surface area contributed by atoms with E-state index in [2.05, 4.69) is 10.6 Å². The van der Waals surface area contributed by atoms with Crippen LogP contribution in [0.2, 0.25) is 0 Å². The standard InChI is InChI=1S/C27H45N3O5/c1-12-18(5)30(24(33)20(16(2)3)28-25(34)35-27(9,10)11)21(23(32)29-26(6,7)8)19-15-13-14-17(4)22(19)31/h13-16,18,20-21,31H,12H2,1-11H3,(H,28,34)(H,29,32). The van der Waals surface area contributed by atoms with Crippen LogP contribution in [0, 0.1) is 12.8 Å². The van der Waals surface area contributed by atoms with E-state index < -0.39 is 41.1 Å². The number of aromatic hydroxyl groups is 1. The number of phenolic OH excluding ortho intramolecular Hbond substituents is 1. The van der Waals surface area contributed by atoms with Gasteiger partial charge in [0.05, 0.1) is 0 Å². The van der Waals surface area contributed by atoms with Gasteiger partial charge in [-0.1, -0.05) is 39.0 Å². The molecule has 8 nitrogen and oxygen atoms in total. The molecule has 3 atom stereocenters. The fourth-order valence-electron chi connectivity index (χ4n) is 3.66. The van der Waals surface area contributed by atoms with Gasteiger partial charge in [0.2, 0.25) is 11.8 Å². The summed E-state index contributed by atoms with van der Waals surface area (Å²) in [5.41, 5.74) is -0.362. The Bertz CT molecular complexity index is 899. The maximum atomic E-state index is 14.1. The highest BCUT2D eigenvalue weighted by molar-refractivity contribution is 5.93. The number of para-hydroxylation sites is 1. The van der Waals surface area contributed by atoms with Crippen molar-refractivity contribution in [1.82, 2.24) is 15.5 Å². The van der Waals surface area contributed by atoms with Crippen LogP contribution in [0.5, 0.6) is 5.75 Å². The number of nitrogens with one attached hydrogen (secondary N) is 2. The largest absolute Gasteiger partial charge is 0.507 e.